The minimum Gasteiger partial charge on any atom is -0.587 e. The van der Waals surface area contributed by atoms with Gasteiger partial charge in [0.1, 0.15) is 0 Å². The molecule has 0 bridgehead atoms. The minimum absolute atomic E-state index is 0. The number of rotatable bonds is 22. The van der Waals surface area contributed by atoms with Crippen molar-refractivity contribution < 1.29 is 84.9 Å². The minimum atomic E-state index is -3.24. The summed E-state index contributed by atoms with van der Waals surface area (Å²) in [4.78, 5) is 32.3. The Morgan fingerprint density at radius 1 is 0.714 bits per heavy atom. The number of thiol groups is 1. The molecule has 2 rings (SSSR count). The Hall–Kier alpha value is -0.344. The summed E-state index contributed by atoms with van der Waals surface area (Å²) in [7, 11) is -3.24. The van der Waals surface area contributed by atoms with Crippen molar-refractivity contribution in [2.24, 2.45) is 40.9 Å². The number of nitrogens with two attached hydrogens (primary N) is 3. The SMILES string of the molecule is C=C(C)CN.C=C(CC)CC.C=C(CC)CC.C=C(CCl)CCl.CCC(CC)CO.CCC(CC)COS(C)(=O)=O.CCC(CC)CSC(C)=O.NCC(CN)CS.O=C1[N-]C(=O)c2ccccc21.[HH].[K+]. The van der Waals surface area contributed by atoms with Gasteiger partial charge in [-0.3, -0.25) is 8.98 Å². The van der Waals surface area contributed by atoms with E-state index in [-0.39, 0.29) is 57.9 Å². The van der Waals surface area contributed by atoms with Gasteiger partial charge in [-0.2, -0.15) is 21.0 Å². The van der Waals surface area contributed by atoms with Gasteiger partial charge >= 0.3 is 51.4 Å². The molecule has 0 aromatic heterocycles. The van der Waals surface area contributed by atoms with Crippen molar-refractivity contribution in [2.75, 3.05) is 62.4 Å². The van der Waals surface area contributed by atoms with E-state index >= 15 is 0 Å². The van der Waals surface area contributed by atoms with Crippen LogP contribution in [0.15, 0.2) is 72.9 Å². The predicted octanol–water partition coefficient (Wildman–Crippen LogP) is 10.8. The molecule has 0 spiro atoms. The Bertz CT molecular complexity index is 1440. The first-order chi connectivity index (χ1) is 32.4. The van der Waals surface area contributed by atoms with Crippen LogP contribution in [-0.2, 0) is 19.1 Å². The Balaban J connectivity index is -0.0000000880. The summed E-state index contributed by atoms with van der Waals surface area (Å²) in [6.07, 6.45) is 12.1. The van der Waals surface area contributed by atoms with Gasteiger partial charge in [0.25, 0.3) is 10.1 Å². The zero-order valence-electron chi connectivity index (χ0n) is 46.5. The van der Waals surface area contributed by atoms with E-state index in [2.05, 4.69) is 104 Å². The molecule has 0 fully saturated rings. The van der Waals surface area contributed by atoms with Crippen LogP contribution in [0.4, 0.5) is 0 Å². The molecule has 1 aliphatic heterocycles. The molecule has 11 nitrogen and oxygen atoms in total. The molecule has 0 aliphatic carbocycles. The number of hydrogen-bond acceptors (Lipinski definition) is 12. The maximum atomic E-state index is 10.9. The molecule has 1 heterocycles. The number of aliphatic hydroxyl groups excluding tert-OH is 1. The van der Waals surface area contributed by atoms with E-state index in [0.29, 0.717) is 73.5 Å². The first-order valence-corrected chi connectivity index (χ1v) is 28.8. The molecule has 410 valence electrons. The zero-order chi connectivity index (χ0) is 55.4. The van der Waals surface area contributed by atoms with Crippen molar-refractivity contribution in [3.63, 3.8) is 0 Å². The van der Waals surface area contributed by atoms with Crippen LogP contribution in [0.25, 0.3) is 5.32 Å². The van der Waals surface area contributed by atoms with Crippen LogP contribution < -0.4 is 68.6 Å². The number of nitrogens with zero attached hydrogens (tertiary/aromatic N) is 1. The van der Waals surface area contributed by atoms with E-state index in [0.717, 1.165) is 86.2 Å². The van der Waals surface area contributed by atoms with Crippen LogP contribution in [0, 0.1) is 23.7 Å². The number of fused-ring (bicyclic) bond motifs is 1. The summed E-state index contributed by atoms with van der Waals surface area (Å²) in [6, 6.07) is 6.63. The fraction of sp³-hybridized carbons (Fsp3) is 0.679. The number of amides is 2. The Kier molecular flexibility index (Phi) is 77.7. The third-order valence-electron chi connectivity index (χ3n) is 10.0. The van der Waals surface area contributed by atoms with Gasteiger partial charge < -0.3 is 37.2 Å². The van der Waals surface area contributed by atoms with Crippen LogP contribution in [0.2, 0.25) is 0 Å². The Morgan fingerprint density at radius 2 is 1.06 bits per heavy atom. The van der Waals surface area contributed by atoms with Crippen LogP contribution in [0.3, 0.4) is 0 Å². The van der Waals surface area contributed by atoms with Crippen molar-refractivity contribution in [3.8, 4) is 0 Å². The van der Waals surface area contributed by atoms with E-state index in [9.17, 15) is 22.8 Å². The second-order valence-electron chi connectivity index (χ2n) is 15.9. The number of alkyl halides is 2. The van der Waals surface area contributed by atoms with Gasteiger partial charge in [0, 0.05) is 50.1 Å². The quantitative estimate of drug-likeness (QED) is 0.0184. The maximum Gasteiger partial charge on any atom is 1.00 e. The molecule has 0 radical (unpaired) electrons. The largest absolute Gasteiger partial charge is 1.00 e. The first-order valence-electron chi connectivity index (χ1n) is 24.3. The van der Waals surface area contributed by atoms with Crippen LogP contribution >= 0.6 is 47.6 Å². The Morgan fingerprint density at radius 3 is 1.21 bits per heavy atom. The van der Waals surface area contributed by atoms with E-state index in [1.807, 2.05) is 20.8 Å². The Labute approximate surface area is 494 Å². The number of thioether (sulfide) groups is 1. The molecule has 0 saturated heterocycles. The molecule has 1 aliphatic rings. The topological polar surface area (TPSA) is 207 Å². The number of halogens is 2. The van der Waals surface area contributed by atoms with Crippen LogP contribution in [-0.4, -0.2) is 92.8 Å². The average molecular weight is 1110 g/mol. The molecule has 0 unspecified atom stereocenters. The van der Waals surface area contributed by atoms with E-state index in [1.165, 1.54) is 35.7 Å². The van der Waals surface area contributed by atoms with E-state index in [1.54, 1.807) is 31.2 Å². The van der Waals surface area contributed by atoms with E-state index in [4.69, 9.17) is 45.5 Å². The van der Waals surface area contributed by atoms with Gasteiger partial charge in [-0.15, -0.1) is 23.2 Å². The number of carbonyl (C=O) groups excluding carboxylic acids is 3. The normalized spacial score (nSPS) is 10.5. The van der Waals surface area contributed by atoms with Crippen molar-refractivity contribution in [2.45, 2.75) is 147 Å². The molecule has 0 saturated carbocycles. The fourth-order valence-corrected chi connectivity index (χ4v) is 5.87. The molecule has 7 N–H and O–H groups in total. The predicted molar refractivity (Wildman–Crippen MR) is 313 cm³/mol. The van der Waals surface area contributed by atoms with Gasteiger partial charge in [0.2, 0.25) is 0 Å². The summed E-state index contributed by atoms with van der Waals surface area (Å²) in [5.41, 5.74) is 21.0. The van der Waals surface area contributed by atoms with Crippen molar-refractivity contribution in [1.29, 1.82) is 0 Å². The van der Waals surface area contributed by atoms with Crippen molar-refractivity contribution in [1.82, 2.24) is 0 Å². The molecule has 0 atom stereocenters. The van der Waals surface area contributed by atoms with Gasteiger partial charge in [-0.1, -0.05) is 187 Å². The number of carbonyl (C=O) groups is 3. The number of allylic oxidation sites excluding steroid dienone is 3. The smallest absolute Gasteiger partial charge is 0.587 e. The summed E-state index contributed by atoms with van der Waals surface area (Å²) >= 11 is 16.0. The number of benzene rings is 1. The number of imide groups is 1. The molecule has 17 heteroatoms. The average Bonchev–Trinajstić information content (AvgIpc) is 3.65. The molecular weight excluding hydrogens is 1010 g/mol. The van der Waals surface area contributed by atoms with Gasteiger partial charge in [-0.05, 0) is 80.7 Å². The monoisotopic (exact) mass is 1110 g/mol. The standard InChI is InChI=1S/C8H5NO2.C8H16OS.C7H16O3S.C6H14O.2C6H12.C4H6Cl2.C4H12N2S.C4H9N.K.H2/c10-7-5-3-1-2-4-6(5)8(11)9-7;1-4-8(5-2)6-10-7(3)9;1-4-7(5-2)6-10-11(3,8)9;1-3-6(4-2)5-7;2*1-4-6(3)5-2;1-4(2-5)3-6;5-1-4(2-6)3-7;1-4(2)3-5;;/h1-4H,(H,9,10,11);8H,4-6H2,1-3H3;7H,4-6H2,1-3H3;6-7H,3-5H2,1-2H3;2*3-5H2,1-2H3;1-3H2;4,7H,1-3,5-6H2;1,3,5H2,2H3;;1H/q;;;;;;;;;+1;/p-1. The third-order valence-corrected chi connectivity index (χ3v) is 12.9. The van der Waals surface area contributed by atoms with Crippen molar-refractivity contribution in [3.05, 3.63) is 89.3 Å². The van der Waals surface area contributed by atoms with Crippen molar-refractivity contribution >= 4 is 74.6 Å². The van der Waals surface area contributed by atoms with Crippen LogP contribution in [0.1, 0.15) is 169 Å². The third kappa shape index (κ3) is 65.7. The summed E-state index contributed by atoms with van der Waals surface area (Å²) in [5, 5.41) is 12.0. The van der Waals surface area contributed by atoms with Gasteiger partial charge in [0.15, 0.2) is 5.12 Å². The first kappa shape index (κ1) is 86.4. The fourth-order valence-electron chi connectivity index (χ4n) is 3.90. The number of aliphatic hydroxyl groups is 1. The van der Waals surface area contributed by atoms with Gasteiger partial charge in [-0.25, -0.2) is 0 Å². The maximum absolute atomic E-state index is 10.9. The van der Waals surface area contributed by atoms with Crippen LogP contribution in [0.5, 0.6) is 0 Å². The molecule has 2 amide bonds. The summed E-state index contributed by atoms with van der Waals surface area (Å²) < 4.78 is 25.7. The molecule has 1 aromatic rings. The summed E-state index contributed by atoms with van der Waals surface area (Å²) in [6.45, 7) is 41.9. The molecule has 70 heavy (non-hydrogen) atoms. The van der Waals surface area contributed by atoms with Gasteiger partial charge in [0.05, 0.1) is 24.7 Å². The molecular formula is C53H103Cl2KN4O7S3. The zero-order valence-corrected chi connectivity index (χ0v) is 53.6. The second-order valence-corrected chi connectivity index (χ2v) is 19.6. The molecule has 1 aromatic carbocycles. The number of hydrogen-bond donors (Lipinski definition) is 5. The summed E-state index contributed by atoms with van der Waals surface area (Å²) in [5.74, 6) is 3.95. The van der Waals surface area contributed by atoms with E-state index < -0.39 is 21.9 Å². The second kappa shape index (κ2) is 62.9.